The molecule has 0 atom stereocenters. The van der Waals surface area contributed by atoms with Gasteiger partial charge in [-0.3, -0.25) is 0 Å². The van der Waals surface area contributed by atoms with E-state index in [-0.39, 0.29) is 5.75 Å². The predicted molar refractivity (Wildman–Crippen MR) is 90.2 cm³/mol. The highest BCUT2D eigenvalue weighted by Gasteiger charge is 2.10. The molecular weight excluding hydrogens is 292 g/mol. The van der Waals surface area contributed by atoms with Crippen LogP contribution in [0.4, 0.5) is 11.5 Å². The fraction of sp³-hybridized carbons (Fsp3) is 0.176. The third kappa shape index (κ3) is 3.17. The van der Waals surface area contributed by atoms with Crippen LogP contribution < -0.4 is 15.8 Å². The molecule has 0 amide bonds. The number of nitrogens with one attached hydrogen (secondary N) is 1. The molecule has 0 aliphatic rings. The van der Waals surface area contributed by atoms with Crippen molar-refractivity contribution in [2.24, 2.45) is 5.73 Å². The minimum atomic E-state index is 0.259. The maximum absolute atomic E-state index is 9.64. The van der Waals surface area contributed by atoms with Gasteiger partial charge in [0, 0.05) is 12.2 Å². The lowest BCUT2D eigenvalue weighted by atomic mass is 10.2. The molecule has 23 heavy (non-hydrogen) atoms. The number of phenolic OH excluding ortho intramolecular Hbond substituents is 1. The quantitative estimate of drug-likeness (QED) is 0.627. The van der Waals surface area contributed by atoms with Gasteiger partial charge in [-0.15, -0.1) is 0 Å². The molecule has 1 aromatic heterocycles. The Balaban J connectivity index is 2.04. The summed E-state index contributed by atoms with van der Waals surface area (Å²) in [7, 11) is 0. The van der Waals surface area contributed by atoms with Gasteiger partial charge in [0.2, 0.25) is 0 Å². The first kappa shape index (κ1) is 15.1. The van der Waals surface area contributed by atoms with Crippen molar-refractivity contribution in [3.63, 3.8) is 0 Å². The largest absolute Gasteiger partial charge is 0.508 e. The number of ether oxygens (including phenoxy) is 1. The molecule has 0 saturated heterocycles. The van der Waals surface area contributed by atoms with E-state index in [0.29, 0.717) is 24.7 Å². The van der Waals surface area contributed by atoms with Crippen LogP contribution in [0.15, 0.2) is 42.7 Å². The van der Waals surface area contributed by atoms with Crippen molar-refractivity contribution >= 4 is 22.4 Å². The molecule has 0 unspecified atom stereocenters. The van der Waals surface area contributed by atoms with Gasteiger partial charge in [-0.25, -0.2) is 9.97 Å². The Kier molecular flexibility index (Phi) is 4.25. The minimum Gasteiger partial charge on any atom is -0.508 e. The fourth-order valence-electron chi connectivity index (χ4n) is 2.33. The van der Waals surface area contributed by atoms with E-state index in [1.54, 1.807) is 12.1 Å². The van der Waals surface area contributed by atoms with Crippen LogP contribution in [0.3, 0.4) is 0 Å². The molecule has 3 aromatic rings. The molecule has 0 aliphatic carbocycles. The van der Waals surface area contributed by atoms with Gasteiger partial charge in [-0.2, -0.15) is 0 Å². The van der Waals surface area contributed by atoms with E-state index in [1.807, 2.05) is 31.2 Å². The third-order valence-corrected chi connectivity index (χ3v) is 3.46. The molecule has 0 bridgehead atoms. The second kappa shape index (κ2) is 6.50. The number of aryl methyl sites for hydroxylation is 1. The molecule has 1 heterocycles. The lowest BCUT2D eigenvalue weighted by Crippen LogP contribution is -2.11. The lowest BCUT2D eigenvalue weighted by molar-refractivity contribution is 0.332. The summed E-state index contributed by atoms with van der Waals surface area (Å²) in [6.07, 6.45) is 1.50. The number of benzene rings is 2. The summed E-state index contributed by atoms with van der Waals surface area (Å²) < 4.78 is 5.70. The van der Waals surface area contributed by atoms with E-state index in [0.717, 1.165) is 22.2 Å². The minimum absolute atomic E-state index is 0.259. The van der Waals surface area contributed by atoms with Gasteiger partial charge in [0.1, 0.15) is 30.3 Å². The molecule has 0 saturated carbocycles. The van der Waals surface area contributed by atoms with Crippen molar-refractivity contribution in [1.82, 2.24) is 9.97 Å². The topological polar surface area (TPSA) is 93.3 Å². The first-order chi connectivity index (χ1) is 11.2. The summed E-state index contributed by atoms with van der Waals surface area (Å²) in [5, 5.41) is 13.7. The van der Waals surface area contributed by atoms with Gasteiger partial charge in [-0.1, -0.05) is 6.07 Å². The van der Waals surface area contributed by atoms with Gasteiger partial charge in [-0.05, 0) is 42.8 Å². The number of phenols is 1. The molecule has 6 nitrogen and oxygen atoms in total. The maximum Gasteiger partial charge on any atom is 0.145 e. The Morgan fingerprint density at radius 1 is 1.22 bits per heavy atom. The molecule has 2 aromatic carbocycles. The van der Waals surface area contributed by atoms with Gasteiger partial charge >= 0.3 is 0 Å². The number of hydrogen-bond acceptors (Lipinski definition) is 6. The van der Waals surface area contributed by atoms with Crippen LogP contribution in [-0.4, -0.2) is 28.2 Å². The molecular formula is C17H18N4O2. The number of nitrogens with two attached hydrogens (primary N) is 1. The fourth-order valence-corrected chi connectivity index (χ4v) is 2.33. The number of fused-ring (bicyclic) bond motifs is 1. The molecule has 6 heteroatoms. The van der Waals surface area contributed by atoms with Crippen molar-refractivity contribution in [1.29, 1.82) is 0 Å². The summed E-state index contributed by atoms with van der Waals surface area (Å²) in [5.74, 6) is 1.59. The van der Waals surface area contributed by atoms with Crippen LogP contribution in [-0.2, 0) is 0 Å². The molecule has 4 N–H and O–H groups in total. The Bertz CT molecular complexity index is 831. The van der Waals surface area contributed by atoms with Gasteiger partial charge in [0.05, 0.1) is 10.9 Å². The second-order valence-corrected chi connectivity index (χ2v) is 5.14. The van der Waals surface area contributed by atoms with Crippen molar-refractivity contribution < 1.29 is 9.84 Å². The first-order valence-corrected chi connectivity index (χ1v) is 7.32. The van der Waals surface area contributed by atoms with Crippen molar-refractivity contribution in [2.75, 3.05) is 18.5 Å². The normalized spacial score (nSPS) is 10.7. The number of hydrogen-bond donors (Lipinski definition) is 3. The zero-order valence-corrected chi connectivity index (χ0v) is 12.8. The number of aromatic hydroxyl groups is 1. The Morgan fingerprint density at radius 2 is 2.09 bits per heavy atom. The van der Waals surface area contributed by atoms with Crippen molar-refractivity contribution in [3.8, 4) is 11.5 Å². The molecule has 118 valence electrons. The summed E-state index contributed by atoms with van der Waals surface area (Å²) in [6, 6.07) is 10.9. The zero-order chi connectivity index (χ0) is 16.2. The number of nitrogens with zero attached hydrogens (tertiary/aromatic N) is 2. The van der Waals surface area contributed by atoms with E-state index in [1.165, 1.54) is 6.33 Å². The average molecular weight is 310 g/mol. The number of rotatable bonds is 5. The molecule has 0 fully saturated rings. The van der Waals surface area contributed by atoms with Gasteiger partial charge in [0.15, 0.2) is 0 Å². The standard InChI is InChI=1S/C17H18N4O2/c1-11-9-12(5-6-14(11)22)21-17-16-13(19-10-20-17)3-2-4-15(16)23-8-7-18/h2-6,9-10,22H,7-8,18H2,1H3,(H,19,20,21). The Labute approximate surface area is 134 Å². The summed E-state index contributed by atoms with van der Waals surface area (Å²) >= 11 is 0. The Morgan fingerprint density at radius 3 is 2.87 bits per heavy atom. The van der Waals surface area contributed by atoms with Crippen LogP contribution in [0.1, 0.15) is 5.56 Å². The van der Waals surface area contributed by atoms with E-state index in [2.05, 4.69) is 15.3 Å². The second-order valence-electron chi connectivity index (χ2n) is 5.14. The highest BCUT2D eigenvalue weighted by molar-refractivity contribution is 5.95. The van der Waals surface area contributed by atoms with E-state index >= 15 is 0 Å². The van der Waals surface area contributed by atoms with Crippen LogP contribution in [0.25, 0.3) is 10.9 Å². The van der Waals surface area contributed by atoms with Crippen LogP contribution in [0, 0.1) is 6.92 Å². The SMILES string of the molecule is Cc1cc(Nc2ncnc3cccc(OCCN)c23)ccc1O. The van der Waals surface area contributed by atoms with Crippen molar-refractivity contribution in [3.05, 3.63) is 48.3 Å². The Hall–Kier alpha value is -2.86. The first-order valence-electron chi connectivity index (χ1n) is 7.32. The lowest BCUT2D eigenvalue weighted by Gasteiger charge is -2.13. The van der Waals surface area contributed by atoms with E-state index in [4.69, 9.17) is 10.5 Å². The highest BCUT2D eigenvalue weighted by atomic mass is 16.5. The molecule has 0 aliphatic heterocycles. The van der Waals surface area contributed by atoms with Gasteiger partial charge in [0.25, 0.3) is 0 Å². The maximum atomic E-state index is 9.64. The molecule has 0 radical (unpaired) electrons. The van der Waals surface area contributed by atoms with Crippen LogP contribution in [0.5, 0.6) is 11.5 Å². The smallest absolute Gasteiger partial charge is 0.145 e. The molecule has 3 rings (SSSR count). The predicted octanol–water partition coefficient (Wildman–Crippen LogP) is 2.72. The van der Waals surface area contributed by atoms with Crippen LogP contribution in [0.2, 0.25) is 0 Å². The van der Waals surface area contributed by atoms with E-state index < -0.39 is 0 Å². The van der Waals surface area contributed by atoms with Crippen molar-refractivity contribution in [2.45, 2.75) is 6.92 Å². The zero-order valence-electron chi connectivity index (χ0n) is 12.8. The molecule has 0 spiro atoms. The number of anilines is 2. The van der Waals surface area contributed by atoms with E-state index in [9.17, 15) is 5.11 Å². The van der Waals surface area contributed by atoms with Gasteiger partial charge < -0.3 is 20.9 Å². The van der Waals surface area contributed by atoms with Crippen LogP contribution >= 0.6 is 0 Å². The summed E-state index contributed by atoms with van der Waals surface area (Å²) in [5.41, 5.74) is 7.91. The monoisotopic (exact) mass is 310 g/mol. The summed E-state index contributed by atoms with van der Waals surface area (Å²) in [6.45, 7) is 2.70. The average Bonchev–Trinajstić information content (AvgIpc) is 2.56. The summed E-state index contributed by atoms with van der Waals surface area (Å²) in [4.78, 5) is 8.61. The highest BCUT2D eigenvalue weighted by Crippen LogP contribution is 2.32. The third-order valence-electron chi connectivity index (χ3n) is 3.46. The number of aromatic nitrogens is 2.